The lowest BCUT2D eigenvalue weighted by molar-refractivity contribution is -0.101. The molecule has 1 heterocycles. The average Bonchev–Trinajstić information content (AvgIpc) is 2.46. The van der Waals surface area contributed by atoms with Gasteiger partial charge in [0, 0.05) is 25.1 Å². The summed E-state index contributed by atoms with van der Waals surface area (Å²) in [6.07, 6.45) is 2.70. The van der Waals surface area contributed by atoms with Gasteiger partial charge in [0.15, 0.2) is 0 Å². The Labute approximate surface area is 121 Å². The van der Waals surface area contributed by atoms with Gasteiger partial charge in [-0.05, 0) is 24.0 Å². The molecule has 20 heavy (non-hydrogen) atoms. The fourth-order valence-electron chi connectivity index (χ4n) is 3.53. The lowest BCUT2D eigenvalue weighted by Crippen LogP contribution is -2.61. The first-order valence-electron chi connectivity index (χ1n) is 7.58. The molecule has 1 saturated carbocycles. The maximum atomic E-state index is 5.95. The van der Waals surface area contributed by atoms with Crippen molar-refractivity contribution in [2.45, 2.75) is 44.9 Å². The third kappa shape index (κ3) is 2.39. The molecule has 110 valence electrons. The second-order valence-electron chi connectivity index (χ2n) is 6.55. The van der Waals surface area contributed by atoms with Crippen LogP contribution in [0.15, 0.2) is 24.3 Å². The number of benzene rings is 1. The summed E-state index contributed by atoms with van der Waals surface area (Å²) < 4.78 is 11.5. The molecule has 3 rings (SSSR count). The Bertz CT molecular complexity index is 472. The van der Waals surface area contributed by atoms with E-state index in [1.54, 1.807) is 0 Å². The van der Waals surface area contributed by atoms with Gasteiger partial charge in [0.05, 0.1) is 18.8 Å². The third-order valence-corrected chi connectivity index (χ3v) is 5.10. The quantitative estimate of drug-likeness (QED) is 0.916. The predicted octanol–water partition coefficient (Wildman–Crippen LogP) is 2.70. The number of methoxy groups -OCH3 is 1. The summed E-state index contributed by atoms with van der Waals surface area (Å²) in [5.74, 6) is 0. The van der Waals surface area contributed by atoms with Crippen molar-refractivity contribution in [3.05, 3.63) is 35.4 Å². The molecule has 0 aromatic heterocycles. The zero-order valence-electron chi connectivity index (χ0n) is 12.7. The van der Waals surface area contributed by atoms with Crippen molar-refractivity contribution in [3.63, 3.8) is 0 Å². The highest BCUT2D eigenvalue weighted by atomic mass is 16.5. The van der Waals surface area contributed by atoms with Crippen molar-refractivity contribution >= 4 is 0 Å². The molecule has 1 aliphatic heterocycles. The number of hydrogen-bond acceptors (Lipinski definition) is 3. The van der Waals surface area contributed by atoms with Gasteiger partial charge < -0.3 is 14.8 Å². The molecule has 0 bridgehead atoms. The van der Waals surface area contributed by atoms with E-state index in [0.717, 1.165) is 26.0 Å². The third-order valence-electron chi connectivity index (χ3n) is 5.10. The van der Waals surface area contributed by atoms with Crippen LogP contribution in [0.1, 0.15) is 37.5 Å². The monoisotopic (exact) mass is 275 g/mol. The summed E-state index contributed by atoms with van der Waals surface area (Å²) >= 11 is 0. The maximum absolute atomic E-state index is 5.95. The Balaban J connectivity index is 1.61. The highest BCUT2D eigenvalue weighted by Crippen LogP contribution is 2.42. The fraction of sp³-hybridized carbons (Fsp3) is 0.647. The molecule has 1 fully saturated rings. The van der Waals surface area contributed by atoms with Crippen LogP contribution in [0.3, 0.4) is 0 Å². The van der Waals surface area contributed by atoms with Crippen molar-refractivity contribution in [3.8, 4) is 0 Å². The lowest BCUT2D eigenvalue weighted by atomic mass is 9.64. The highest BCUT2D eigenvalue weighted by molar-refractivity contribution is 5.31. The van der Waals surface area contributed by atoms with E-state index in [-0.39, 0.29) is 11.5 Å². The zero-order valence-corrected chi connectivity index (χ0v) is 12.7. The molecule has 0 amide bonds. The van der Waals surface area contributed by atoms with Gasteiger partial charge in [-0.3, -0.25) is 0 Å². The number of fused-ring (bicyclic) bond motifs is 1. The molecule has 1 aromatic rings. The first-order valence-corrected chi connectivity index (χ1v) is 7.58. The van der Waals surface area contributed by atoms with Gasteiger partial charge in [-0.25, -0.2) is 0 Å². The van der Waals surface area contributed by atoms with Gasteiger partial charge in [0.25, 0.3) is 0 Å². The van der Waals surface area contributed by atoms with Crippen LogP contribution < -0.4 is 5.32 Å². The Hall–Kier alpha value is -0.900. The van der Waals surface area contributed by atoms with Gasteiger partial charge in [-0.2, -0.15) is 0 Å². The number of rotatable bonds is 4. The maximum Gasteiger partial charge on any atom is 0.0952 e. The van der Waals surface area contributed by atoms with Crippen LogP contribution in [-0.2, 0) is 15.9 Å². The van der Waals surface area contributed by atoms with Crippen LogP contribution >= 0.6 is 0 Å². The van der Waals surface area contributed by atoms with Crippen molar-refractivity contribution in [1.29, 1.82) is 0 Å². The minimum atomic E-state index is 0.192. The molecule has 1 aromatic carbocycles. The molecule has 0 spiro atoms. The molecule has 0 saturated heterocycles. The Kier molecular flexibility index (Phi) is 3.85. The minimum absolute atomic E-state index is 0.192. The van der Waals surface area contributed by atoms with Crippen LogP contribution in [0.4, 0.5) is 0 Å². The van der Waals surface area contributed by atoms with Crippen LogP contribution in [0.2, 0.25) is 0 Å². The van der Waals surface area contributed by atoms with Gasteiger partial charge >= 0.3 is 0 Å². The first-order chi connectivity index (χ1) is 9.63. The van der Waals surface area contributed by atoms with E-state index in [1.807, 2.05) is 7.11 Å². The largest absolute Gasteiger partial charge is 0.381 e. The normalized spacial score (nSPS) is 31.4. The van der Waals surface area contributed by atoms with E-state index in [0.29, 0.717) is 12.1 Å². The molecule has 1 N–H and O–H groups in total. The first kappa shape index (κ1) is 14.1. The van der Waals surface area contributed by atoms with E-state index in [9.17, 15) is 0 Å². The summed E-state index contributed by atoms with van der Waals surface area (Å²) in [6, 6.07) is 9.16. The van der Waals surface area contributed by atoms with Crippen molar-refractivity contribution < 1.29 is 9.47 Å². The van der Waals surface area contributed by atoms with Gasteiger partial charge in [0.2, 0.25) is 0 Å². The Morgan fingerprint density at radius 2 is 2.15 bits per heavy atom. The van der Waals surface area contributed by atoms with Gasteiger partial charge in [-0.15, -0.1) is 0 Å². The Morgan fingerprint density at radius 3 is 2.90 bits per heavy atom. The fourth-order valence-corrected chi connectivity index (χ4v) is 3.53. The van der Waals surface area contributed by atoms with Crippen LogP contribution in [0.25, 0.3) is 0 Å². The van der Waals surface area contributed by atoms with Gasteiger partial charge in [0.1, 0.15) is 0 Å². The summed E-state index contributed by atoms with van der Waals surface area (Å²) in [5.41, 5.74) is 3.00. The average molecular weight is 275 g/mol. The standard InChI is InChI=1S/C17H25NO2/c1-17(2)15(10-16(17)19-3)18-11-14-13-7-5-4-6-12(13)8-9-20-14/h4-7,14-16,18H,8-11H2,1-3H3. The van der Waals surface area contributed by atoms with E-state index in [1.165, 1.54) is 11.1 Å². The van der Waals surface area contributed by atoms with E-state index in [4.69, 9.17) is 9.47 Å². The van der Waals surface area contributed by atoms with E-state index >= 15 is 0 Å². The predicted molar refractivity (Wildman–Crippen MR) is 79.8 cm³/mol. The molecule has 1 aliphatic carbocycles. The number of nitrogens with one attached hydrogen (secondary N) is 1. The SMILES string of the molecule is COC1CC(NCC2OCCc3ccccc32)C1(C)C. The molecule has 3 nitrogen and oxygen atoms in total. The molecule has 0 radical (unpaired) electrons. The molecular formula is C17H25NO2. The summed E-state index contributed by atoms with van der Waals surface area (Å²) in [7, 11) is 1.81. The van der Waals surface area contributed by atoms with E-state index in [2.05, 4.69) is 43.4 Å². The smallest absolute Gasteiger partial charge is 0.0952 e. The molecule has 3 atom stereocenters. The Morgan fingerprint density at radius 1 is 1.35 bits per heavy atom. The van der Waals surface area contributed by atoms with Crippen molar-refractivity contribution in [1.82, 2.24) is 5.32 Å². The van der Waals surface area contributed by atoms with Gasteiger partial charge in [-0.1, -0.05) is 38.1 Å². The van der Waals surface area contributed by atoms with Crippen LogP contribution in [0, 0.1) is 5.41 Å². The molecule has 2 aliphatic rings. The second-order valence-corrected chi connectivity index (χ2v) is 6.55. The topological polar surface area (TPSA) is 30.5 Å². The van der Waals surface area contributed by atoms with Crippen LogP contribution in [-0.4, -0.2) is 32.4 Å². The lowest BCUT2D eigenvalue weighted by Gasteiger charge is -2.51. The molecule has 3 unspecified atom stereocenters. The second kappa shape index (κ2) is 5.47. The summed E-state index contributed by atoms with van der Waals surface area (Å²) in [4.78, 5) is 0. The zero-order chi connectivity index (χ0) is 14.2. The molecular weight excluding hydrogens is 250 g/mol. The summed E-state index contributed by atoms with van der Waals surface area (Å²) in [6.45, 7) is 6.27. The number of hydrogen-bond donors (Lipinski definition) is 1. The highest BCUT2D eigenvalue weighted by Gasteiger charge is 2.48. The molecule has 3 heteroatoms. The van der Waals surface area contributed by atoms with E-state index < -0.39 is 0 Å². The van der Waals surface area contributed by atoms with Crippen LogP contribution in [0.5, 0.6) is 0 Å². The minimum Gasteiger partial charge on any atom is -0.381 e. The van der Waals surface area contributed by atoms with Crippen molar-refractivity contribution in [2.75, 3.05) is 20.3 Å². The summed E-state index contributed by atoms with van der Waals surface area (Å²) in [5, 5.41) is 3.68. The van der Waals surface area contributed by atoms with Crippen molar-refractivity contribution in [2.24, 2.45) is 5.41 Å². The number of ether oxygens (including phenoxy) is 2.